The van der Waals surface area contributed by atoms with Gasteiger partial charge < -0.3 is 82.8 Å². The highest BCUT2D eigenvalue weighted by Crippen LogP contribution is 2.26. The number of phenolic OH excluding ortho intramolecular Hbond substituents is 1. The topological polar surface area (TPSA) is 382 Å². The Balaban J connectivity index is 1.78. The van der Waals surface area contributed by atoms with Gasteiger partial charge in [-0.05, 0) is 75.6 Å². The Morgan fingerprint density at radius 2 is 1.35 bits per heavy atom. The Bertz CT molecular complexity index is 2000. The molecule has 1 aromatic carbocycles. The number of likely N-dealkylation sites (tertiary alicyclic amines) is 2. The third kappa shape index (κ3) is 19.6. The summed E-state index contributed by atoms with van der Waals surface area (Å²) in [6, 6.07) is -3.37. The summed E-state index contributed by atoms with van der Waals surface area (Å²) >= 11 is 0. The van der Waals surface area contributed by atoms with Gasteiger partial charge in [0.15, 0.2) is 12.0 Å². The van der Waals surface area contributed by atoms with Gasteiger partial charge in [-0.2, -0.15) is 0 Å². The maximum Gasteiger partial charge on any atom is 0.248 e. The lowest BCUT2D eigenvalue weighted by molar-refractivity contribution is -0.148. The third-order valence-electron chi connectivity index (χ3n) is 14.5. The summed E-state index contributed by atoms with van der Waals surface area (Å²) < 4.78 is 0. The zero-order chi connectivity index (χ0) is 56.3. The molecule has 0 aliphatic carbocycles. The monoisotopic (exact) mass is 1070 g/mol. The lowest BCUT2D eigenvalue weighted by Gasteiger charge is -2.33. The van der Waals surface area contributed by atoms with Crippen LogP contribution in [0, 0.1) is 17.8 Å². The number of rotatable bonds is 32. The highest BCUT2D eigenvalue weighted by molar-refractivity contribution is 5.96. The molecular formula is C52H87N7O16. The molecule has 0 bridgehead atoms. The smallest absolute Gasteiger partial charge is 0.248 e. The molecule has 15 N–H and O–H groups in total. The van der Waals surface area contributed by atoms with Gasteiger partial charge in [0.1, 0.15) is 54.3 Å². The average molecular weight is 1070 g/mol. The quantitative estimate of drug-likeness (QED) is 0.0300. The molecular weight excluding hydrogens is 979 g/mol. The van der Waals surface area contributed by atoms with E-state index in [0.717, 1.165) is 62.2 Å². The lowest BCUT2D eigenvalue weighted by atomic mass is 9.91. The molecule has 23 nitrogen and oxygen atoms in total. The zero-order valence-corrected chi connectivity index (χ0v) is 44.4. The number of Topliss-reactive ketones (excluding diaryl/α,β-unsaturated/α-hetero) is 1. The zero-order valence-electron chi connectivity index (χ0n) is 44.4. The summed E-state index contributed by atoms with van der Waals surface area (Å²) in [5, 5.41) is 106. The second-order valence-electron chi connectivity index (χ2n) is 20.9. The molecule has 0 aromatic heterocycles. The van der Waals surface area contributed by atoms with Gasteiger partial charge in [-0.1, -0.05) is 84.8 Å². The highest BCUT2D eigenvalue weighted by atomic mass is 16.3. The van der Waals surface area contributed by atoms with Crippen molar-refractivity contribution in [1.82, 2.24) is 31.1 Å². The van der Waals surface area contributed by atoms with Gasteiger partial charge in [-0.15, -0.1) is 0 Å². The molecule has 23 heteroatoms. The molecule has 426 valence electrons. The predicted octanol–water partition coefficient (Wildman–Crippen LogP) is -1.14. The van der Waals surface area contributed by atoms with Crippen LogP contribution in [0.5, 0.6) is 5.75 Å². The number of phenols is 1. The van der Waals surface area contributed by atoms with Gasteiger partial charge in [-0.3, -0.25) is 33.6 Å². The maximum atomic E-state index is 14.2. The van der Waals surface area contributed by atoms with Gasteiger partial charge in [0.2, 0.25) is 35.4 Å². The number of amides is 6. The van der Waals surface area contributed by atoms with E-state index in [4.69, 9.17) is 5.73 Å². The fourth-order valence-electron chi connectivity index (χ4n) is 9.69. The van der Waals surface area contributed by atoms with Crippen LogP contribution in [-0.4, -0.2) is 190 Å². The van der Waals surface area contributed by atoms with Crippen molar-refractivity contribution in [2.75, 3.05) is 19.6 Å². The molecule has 2 saturated heterocycles. The molecule has 0 radical (unpaired) electrons. The molecule has 2 fully saturated rings. The van der Waals surface area contributed by atoms with Gasteiger partial charge in [0, 0.05) is 32.4 Å². The van der Waals surface area contributed by atoms with Crippen molar-refractivity contribution in [3.63, 3.8) is 0 Å². The van der Waals surface area contributed by atoms with Crippen molar-refractivity contribution in [2.45, 2.75) is 211 Å². The lowest BCUT2D eigenvalue weighted by Crippen LogP contribution is -2.61. The van der Waals surface area contributed by atoms with E-state index in [1.807, 2.05) is 0 Å². The van der Waals surface area contributed by atoms with Crippen molar-refractivity contribution in [3.05, 3.63) is 29.8 Å². The van der Waals surface area contributed by atoms with E-state index in [1.165, 1.54) is 37.6 Å². The van der Waals surface area contributed by atoms with Crippen LogP contribution in [0.3, 0.4) is 0 Å². The van der Waals surface area contributed by atoms with Crippen molar-refractivity contribution in [3.8, 4) is 5.75 Å². The van der Waals surface area contributed by atoms with E-state index in [-0.39, 0.29) is 50.1 Å². The van der Waals surface area contributed by atoms with E-state index in [2.05, 4.69) is 42.0 Å². The van der Waals surface area contributed by atoms with Gasteiger partial charge in [0.25, 0.3) is 0 Å². The minimum absolute atomic E-state index is 0.0203. The first-order valence-corrected chi connectivity index (χ1v) is 26.6. The fraction of sp³-hybridized carbons (Fsp3) is 0.750. The minimum Gasteiger partial charge on any atom is -0.508 e. The van der Waals surface area contributed by atoms with Crippen LogP contribution >= 0.6 is 0 Å². The van der Waals surface area contributed by atoms with E-state index in [0.29, 0.717) is 24.7 Å². The van der Waals surface area contributed by atoms with Crippen LogP contribution < -0.4 is 27.0 Å². The second-order valence-corrected chi connectivity index (χ2v) is 20.9. The van der Waals surface area contributed by atoms with Gasteiger partial charge in [-0.25, -0.2) is 0 Å². The number of aromatic hydroxyl groups is 1. The van der Waals surface area contributed by atoms with Crippen LogP contribution in [0.2, 0.25) is 0 Å². The Kier molecular flexibility index (Phi) is 27.0. The number of hydrogen-bond donors (Lipinski definition) is 14. The number of carbonyl (C=O) groups excluding carboxylic acids is 7. The number of carbonyl (C=O) groups is 7. The van der Waals surface area contributed by atoms with Crippen molar-refractivity contribution in [1.29, 1.82) is 0 Å². The molecule has 3 rings (SSSR count). The number of ketones is 1. The standard InChI is InChI=1S/C52H87N7O16/c1-7-28(2)24-29(3)14-12-10-8-9-11-13-15-41(67)54-36(26-40(66)49(72)57-50(73)44-39(65)21-23-58(44)51(74)30(4)38(64)20-22-53)47(70)56-43(32(6)61)52(75)59-27-35(63)25-37(59)48(71)55-42(31(5)60)46(69)45(68)33-16-18-34(62)19-17-33/h16-19,28-30,32,35-40,42-46,49,61-66,68-69,72H,7-15,20-27,53H2,1-6H3,(H,54,67)(H,55,71)(H,56,70)(H,57,73)/t28-,29+,30-,32+,35+,36-,37-,38+,39-,40+,42+,43-,44-,45-,46-,49+/m0/s1. The number of hydrogen-bond acceptors (Lipinski definition) is 17. The van der Waals surface area contributed by atoms with E-state index < -0.39 is 139 Å². The number of β-amino-alcohol motifs (C(OH)–C–C–N with tert-alkyl or cyclic N) is 1. The minimum atomic E-state index is -2.16. The molecule has 2 aliphatic heterocycles. The number of nitrogens with zero attached hydrogens (tertiary/aromatic N) is 2. The number of nitrogens with one attached hydrogen (secondary N) is 4. The average Bonchev–Trinajstić information content (AvgIpc) is 3.96. The third-order valence-corrected chi connectivity index (χ3v) is 14.5. The number of nitrogens with two attached hydrogens (primary N) is 1. The van der Waals surface area contributed by atoms with Crippen LogP contribution in [0.15, 0.2) is 24.3 Å². The Morgan fingerprint density at radius 1 is 0.720 bits per heavy atom. The van der Waals surface area contributed by atoms with Crippen LogP contribution in [0.4, 0.5) is 0 Å². The van der Waals surface area contributed by atoms with Crippen LogP contribution in [0.25, 0.3) is 0 Å². The molecule has 0 spiro atoms. The molecule has 75 heavy (non-hydrogen) atoms. The molecule has 1 aromatic rings. The first-order valence-electron chi connectivity index (χ1n) is 26.6. The predicted molar refractivity (Wildman–Crippen MR) is 273 cm³/mol. The number of aliphatic hydroxyl groups excluding tert-OH is 8. The summed E-state index contributed by atoms with van der Waals surface area (Å²) in [4.78, 5) is 97.1. The number of aliphatic hydroxyl groups is 8. The largest absolute Gasteiger partial charge is 0.508 e. The SMILES string of the molecule is CC[C@H](C)C[C@H](C)CCCCCCCCC(=O)N[C@@H](C[C@@H](O)[C@@H](O)NC(=O)[C@@H]1[C@@H](O)CCN1C(=O)[C@@H](C)[C@H](O)CCN)C(=O)N[C@H](C(=O)N1C[C@H](O)C[C@H]1C(=O)N[C@H](C(C)=O)[C@H](O)[C@@H](O)c1ccc(O)cc1)[C@@H](C)O. The summed E-state index contributed by atoms with van der Waals surface area (Å²) in [5.74, 6) is -6.28. The molecule has 2 heterocycles. The molecule has 2 aliphatic rings. The van der Waals surface area contributed by atoms with E-state index in [9.17, 15) is 79.5 Å². The Labute approximate surface area is 440 Å². The molecule has 0 saturated carbocycles. The van der Waals surface area contributed by atoms with Crippen molar-refractivity contribution in [2.24, 2.45) is 23.5 Å². The van der Waals surface area contributed by atoms with Crippen LogP contribution in [0.1, 0.15) is 143 Å². The summed E-state index contributed by atoms with van der Waals surface area (Å²) in [6.07, 6.45) is -5.99. The van der Waals surface area contributed by atoms with E-state index >= 15 is 0 Å². The molecule has 16 atom stereocenters. The molecule has 0 unspecified atom stereocenters. The number of unbranched alkanes of at least 4 members (excludes halogenated alkanes) is 5. The summed E-state index contributed by atoms with van der Waals surface area (Å²) in [6.45, 7) is 9.85. The Hall–Kier alpha value is -4.85. The molecule has 6 amide bonds. The van der Waals surface area contributed by atoms with E-state index in [1.54, 1.807) is 0 Å². The summed E-state index contributed by atoms with van der Waals surface area (Å²) in [5.41, 5.74) is 5.63. The van der Waals surface area contributed by atoms with Gasteiger partial charge in [0.05, 0.1) is 30.3 Å². The normalized spacial score (nSPS) is 22.5. The second kappa shape index (κ2) is 31.4. The van der Waals surface area contributed by atoms with Crippen molar-refractivity contribution >= 4 is 41.2 Å². The Morgan fingerprint density at radius 3 is 1.95 bits per heavy atom. The van der Waals surface area contributed by atoms with Crippen LogP contribution in [-0.2, 0) is 33.6 Å². The van der Waals surface area contributed by atoms with Gasteiger partial charge >= 0.3 is 0 Å². The maximum absolute atomic E-state index is 14.2. The highest BCUT2D eigenvalue weighted by Gasteiger charge is 2.46. The number of benzene rings is 1. The fourth-order valence-corrected chi connectivity index (χ4v) is 9.69. The van der Waals surface area contributed by atoms with Crippen molar-refractivity contribution < 1.29 is 79.5 Å². The summed E-state index contributed by atoms with van der Waals surface area (Å²) in [7, 11) is 0. The first-order chi connectivity index (χ1) is 35.3. The first kappa shape index (κ1) is 64.4.